The molecule has 0 aliphatic heterocycles. The number of hydrogen-bond donors (Lipinski definition) is 0. The van der Waals surface area contributed by atoms with Crippen molar-refractivity contribution in [2.24, 2.45) is 11.8 Å². The molecule has 1 aliphatic rings. The number of rotatable bonds is 5. The first-order chi connectivity index (χ1) is 8.04. The zero-order chi connectivity index (χ0) is 12.8. The van der Waals surface area contributed by atoms with Crippen LogP contribution in [0.3, 0.4) is 0 Å². The summed E-state index contributed by atoms with van der Waals surface area (Å²) in [7, 11) is 0. The van der Waals surface area contributed by atoms with E-state index >= 15 is 0 Å². The van der Waals surface area contributed by atoms with Gasteiger partial charge in [-0.25, -0.2) is 0 Å². The zero-order valence-corrected chi connectivity index (χ0v) is 11.5. The van der Waals surface area contributed by atoms with Crippen molar-refractivity contribution in [1.82, 2.24) is 0 Å². The maximum atomic E-state index is 11.9. The number of ketones is 1. The van der Waals surface area contributed by atoms with Gasteiger partial charge < -0.3 is 0 Å². The molecule has 0 spiro atoms. The highest BCUT2D eigenvalue weighted by Gasteiger charge is 2.16. The summed E-state index contributed by atoms with van der Waals surface area (Å²) in [5.74, 6) is 1.04. The highest BCUT2D eigenvalue weighted by Crippen LogP contribution is 2.21. The molecule has 0 fully saturated rings. The molecule has 0 saturated heterocycles. The fraction of sp³-hybridized carbons (Fsp3) is 0.562. The maximum absolute atomic E-state index is 11.9. The van der Waals surface area contributed by atoms with Gasteiger partial charge in [-0.2, -0.15) is 0 Å². The van der Waals surface area contributed by atoms with Crippen LogP contribution in [0.4, 0.5) is 0 Å². The van der Waals surface area contributed by atoms with Gasteiger partial charge in [0, 0.05) is 12.3 Å². The Balaban J connectivity index is 2.41. The molecule has 1 nitrogen and oxygen atoms in total. The van der Waals surface area contributed by atoms with Crippen LogP contribution < -0.4 is 0 Å². The summed E-state index contributed by atoms with van der Waals surface area (Å²) in [6.45, 7) is 8.32. The van der Waals surface area contributed by atoms with Gasteiger partial charge in [0.05, 0.1) is 0 Å². The first-order valence-corrected chi connectivity index (χ1v) is 6.59. The maximum Gasteiger partial charge on any atom is 0.136 e. The van der Waals surface area contributed by atoms with E-state index in [1.54, 1.807) is 0 Å². The van der Waals surface area contributed by atoms with Crippen molar-refractivity contribution in [3.05, 3.63) is 35.5 Å². The van der Waals surface area contributed by atoms with Crippen LogP contribution in [-0.2, 0) is 4.79 Å². The molecular weight excluding hydrogens is 208 g/mol. The molecule has 0 saturated carbocycles. The Bertz CT molecular complexity index is 356. The zero-order valence-electron chi connectivity index (χ0n) is 11.5. The molecule has 0 heterocycles. The van der Waals surface area contributed by atoms with Gasteiger partial charge in [0.25, 0.3) is 0 Å². The van der Waals surface area contributed by atoms with Crippen molar-refractivity contribution in [3.8, 4) is 0 Å². The van der Waals surface area contributed by atoms with E-state index in [1.165, 1.54) is 11.1 Å². The van der Waals surface area contributed by atoms with Gasteiger partial charge in [0.2, 0.25) is 0 Å². The second-order valence-corrected chi connectivity index (χ2v) is 5.18. The molecule has 1 rings (SSSR count). The Kier molecular flexibility index (Phi) is 5.40. The summed E-state index contributed by atoms with van der Waals surface area (Å²) in [6, 6.07) is 0. The van der Waals surface area contributed by atoms with Crippen LogP contribution >= 0.6 is 0 Å². The van der Waals surface area contributed by atoms with E-state index in [1.807, 2.05) is 6.92 Å². The number of carbonyl (C=O) groups excluding carboxylic acids is 1. The van der Waals surface area contributed by atoms with Gasteiger partial charge in [-0.15, -0.1) is 0 Å². The molecule has 17 heavy (non-hydrogen) atoms. The predicted octanol–water partition coefficient (Wildman–Crippen LogP) is 4.46. The van der Waals surface area contributed by atoms with Crippen LogP contribution in [0.25, 0.3) is 0 Å². The van der Waals surface area contributed by atoms with Crippen LogP contribution in [0.5, 0.6) is 0 Å². The molecule has 1 heteroatoms. The van der Waals surface area contributed by atoms with Gasteiger partial charge in [0.15, 0.2) is 0 Å². The second-order valence-electron chi connectivity index (χ2n) is 5.18. The molecule has 1 unspecified atom stereocenters. The molecule has 1 aliphatic carbocycles. The summed E-state index contributed by atoms with van der Waals surface area (Å²) in [5, 5.41) is 0. The standard InChI is InChI=1S/C16H24O/c1-5-14-6-8-15(9-7-14)10-11-16(17)13(4)12(2)3/h5-6,8-9,12-13H,7,10-11H2,1-4H3. The van der Waals surface area contributed by atoms with Crippen LogP contribution in [0.2, 0.25) is 0 Å². The summed E-state index contributed by atoms with van der Waals surface area (Å²) in [5.41, 5.74) is 2.66. The Hall–Kier alpha value is -1.11. The predicted molar refractivity (Wildman–Crippen MR) is 73.8 cm³/mol. The van der Waals surface area contributed by atoms with Gasteiger partial charge >= 0.3 is 0 Å². The molecule has 0 aromatic heterocycles. The van der Waals surface area contributed by atoms with Crippen molar-refractivity contribution in [2.45, 2.75) is 47.0 Å². The molecule has 0 radical (unpaired) electrons. The van der Waals surface area contributed by atoms with E-state index in [2.05, 4.69) is 45.1 Å². The monoisotopic (exact) mass is 232 g/mol. The van der Waals surface area contributed by atoms with E-state index < -0.39 is 0 Å². The van der Waals surface area contributed by atoms with Crippen molar-refractivity contribution < 1.29 is 4.79 Å². The summed E-state index contributed by atoms with van der Waals surface area (Å²) < 4.78 is 0. The van der Waals surface area contributed by atoms with Crippen molar-refractivity contribution >= 4 is 5.78 Å². The van der Waals surface area contributed by atoms with Gasteiger partial charge in [-0.3, -0.25) is 4.79 Å². The van der Waals surface area contributed by atoms with Gasteiger partial charge in [-0.05, 0) is 31.3 Å². The Morgan fingerprint density at radius 3 is 2.53 bits per heavy atom. The van der Waals surface area contributed by atoms with Crippen molar-refractivity contribution in [1.29, 1.82) is 0 Å². The van der Waals surface area contributed by atoms with E-state index in [0.29, 0.717) is 18.1 Å². The summed E-state index contributed by atoms with van der Waals surface area (Å²) in [4.78, 5) is 11.9. The van der Waals surface area contributed by atoms with E-state index in [-0.39, 0.29) is 5.92 Å². The van der Waals surface area contributed by atoms with Gasteiger partial charge in [0.1, 0.15) is 5.78 Å². The molecule has 1 atom stereocenters. The lowest BCUT2D eigenvalue weighted by Crippen LogP contribution is -2.16. The van der Waals surface area contributed by atoms with Crippen molar-refractivity contribution in [2.75, 3.05) is 0 Å². The Labute approximate surface area is 105 Å². The molecule has 0 aromatic rings. The third-order valence-electron chi connectivity index (χ3n) is 3.65. The minimum absolute atomic E-state index is 0.189. The third-order valence-corrected chi connectivity index (χ3v) is 3.65. The molecule has 0 aromatic carbocycles. The van der Waals surface area contributed by atoms with Crippen LogP contribution in [-0.4, -0.2) is 5.78 Å². The average molecular weight is 232 g/mol. The number of allylic oxidation sites excluding steroid dienone is 6. The third kappa shape index (κ3) is 4.33. The van der Waals surface area contributed by atoms with Crippen LogP contribution in [0.15, 0.2) is 35.5 Å². The first-order valence-electron chi connectivity index (χ1n) is 6.59. The van der Waals surface area contributed by atoms with E-state index in [0.717, 1.165) is 12.8 Å². The normalized spacial score (nSPS) is 19.6. The largest absolute Gasteiger partial charge is 0.299 e. The quantitative estimate of drug-likeness (QED) is 0.684. The molecule has 0 amide bonds. The van der Waals surface area contributed by atoms with Crippen LogP contribution in [0.1, 0.15) is 47.0 Å². The number of hydrogen-bond acceptors (Lipinski definition) is 1. The molecule has 0 N–H and O–H groups in total. The molecule has 0 bridgehead atoms. The second kappa shape index (κ2) is 6.58. The van der Waals surface area contributed by atoms with E-state index in [9.17, 15) is 4.79 Å². The van der Waals surface area contributed by atoms with Gasteiger partial charge in [-0.1, -0.05) is 50.6 Å². The minimum atomic E-state index is 0.189. The fourth-order valence-corrected chi connectivity index (χ4v) is 1.87. The highest BCUT2D eigenvalue weighted by molar-refractivity contribution is 5.81. The molecule has 94 valence electrons. The summed E-state index contributed by atoms with van der Waals surface area (Å²) >= 11 is 0. The van der Waals surface area contributed by atoms with Crippen molar-refractivity contribution in [3.63, 3.8) is 0 Å². The topological polar surface area (TPSA) is 17.1 Å². The SMILES string of the molecule is CC=C1C=CC(CCC(=O)C(C)C(C)C)=CC1. The average Bonchev–Trinajstić information content (AvgIpc) is 2.35. The number of Topliss-reactive ketones (excluding diaryl/α,β-unsaturated/α-hetero) is 1. The highest BCUT2D eigenvalue weighted by atomic mass is 16.1. The lowest BCUT2D eigenvalue weighted by Gasteiger charge is -2.15. The molecular formula is C16H24O. The summed E-state index contributed by atoms with van der Waals surface area (Å²) in [6.07, 6.45) is 11.3. The fourth-order valence-electron chi connectivity index (χ4n) is 1.87. The first kappa shape index (κ1) is 14.0. The van der Waals surface area contributed by atoms with Crippen LogP contribution in [0, 0.1) is 11.8 Å². The lowest BCUT2D eigenvalue weighted by atomic mass is 9.89. The lowest BCUT2D eigenvalue weighted by molar-refractivity contribution is -0.123. The Morgan fingerprint density at radius 2 is 2.06 bits per heavy atom. The minimum Gasteiger partial charge on any atom is -0.299 e. The Morgan fingerprint density at radius 1 is 1.35 bits per heavy atom. The van der Waals surface area contributed by atoms with E-state index in [4.69, 9.17) is 0 Å². The number of carbonyl (C=O) groups is 1. The smallest absolute Gasteiger partial charge is 0.136 e.